The summed E-state index contributed by atoms with van der Waals surface area (Å²) in [6.45, 7) is -2.91. The molecule has 0 unspecified atom stereocenters. The van der Waals surface area contributed by atoms with E-state index in [1.165, 1.54) is 0 Å². The molecule has 0 rings (SSSR count). The Balaban J connectivity index is 3.21. The van der Waals surface area contributed by atoms with Gasteiger partial charge in [-0.05, 0) is 6.92 Å². The minimum Gasteiger partial charge on any atom is -0.323 e. The van der Waals surface area contributed by atoms with E-state index < -0.39 is 25.6 Å². The van der Waals surface area contributed by atoms with E-state index >= 15 is 0 Å². The molecule has 0 amide bonds. The predicted molar refractivity (Wildman–Crippen MR) is 27.2 cm³/mol. The van der Waals surface area contributed by atoms with Gasteiger partial charge in [0.2, 0.25) is 5.92 Å². The van der Waals surface area contributed by atoms with E-state index in [2.05, 4.69) is 4.74 Å². The van der Waals surface area contributed by atoms with Crippen molar-refractivity contribution in [1.29, 1.82) is 0 Å². The molecule has 10 heavy (non-hydrogen) atoms. The van der Waals surface area contributed by atoms with Gasteiger partial charge in [0.25, 0.3) is 0 Å². The van der Waals surface area contributed by atoms with Crippen molar-refractivity contribution in [2.75, 3.05) is 6.61 Å². The molecule has 0 N–H and O–H groups in total. The van der Waals surface area contributed by atoms with Crippen LogP contribution in [0.4, 0.5) is 17.6 Å². The third kappa shape index (κ3) is 7.68. The lowest BCUT2D eigenvalue weighted by Gasteiger charge is -2.08. The summed E-state index contributed by atoms with van der Waals surface area (Å²) < 4.78 is 49.6. The molecular formula is C5H8F4O. The van der Waals surface area contributed by atoms with Gasteiger partial charge in [0.05, 0.1) is 6.61 Å². The summed E-state index contributed by atoms with van der Waals surface area (Å²) in [5.41, 5.74) is 0. The van der Waals surface area contributed by atoms with E-state index in [-0.39, 0.29) is 0 Å². The van der Waals surface area contributed by atoms with Gasteiger partial charge >= 0.3 is 6.61 Å². The Morgan fingerprint density at radius 2 is 1.90 bits per heavy atom. The van der Waals surface area contributed by atoms with E-state index in [4.69, 9.17) is 0 Å². The standard InChI is InChI=1S/C5H8F4O/c1-5(8,9)2-3-10-4(6)7/h4H,2-3H2,1H3. The fourth-order valence-corrected chi connectivity index (χ4v) is 0.327. The van der Waals surface area contributed by atoms with Gasteiger partial charge in [0.1, 0.15) is 0 Å². The molecule has 5 heteroatoms. The molecule has 0 saturated heterocycles. The Kier molecular flexibility index (Phi) is 3.63. The highest BCUT2D eigenvalue weighted by atomic mass is 19.3. The average Bonchev–Trinajstić information content (AvgIpc) is 1.59. The third-order valence-corrected chi connectivity index (χ3v) is 0.785. The Morgan fingerprint density at radius 3 is 2.20 bits per heavy atom. The normalized spacial score (nSPS) is 12.6. The fourth-order valence-electron chi connectivity index (χ4n) is 0.327. The zero-order chi connectivity index (χ0) is 8.20. The second-order valence-electron chi connectivity index (χ2n) is 1.95. The molecule has 62 valence electrons. The highest BCUT2D eigenvalue weighted by molar-refractivity contribution is 4.55. The topological polar surface area (TPSA) is 9.23 Å². The summed E-state index contributed by atoms with van der Waals surface area (Å²) in [5.74, 6) is -2.92. The first kappa shape index (κ1) is 9.68. The van der Waals surface area contributed by atoms with Gasteiger partial charge in [-0.1, -0.05) is 0 Å². The van der Waals surface area contributed by atoms with Crippen LogP contribution in [0.2, 0.25) is 0 Å². The monoisotopic (exact) mass is 160 g/mol. The SMILES string of the molecule is CC(F)(F)CCOC(F)F. The van der Waals surface area contributed by atoms with Crippen molar-refractivity contribution in [2.45, 2.75) is 25.9 Å². The minimum atomic E-state index is -2.96. The largest absolute Gasteiger partial charge is 0.345 e. The molecule has 0 aliphatic rings. The van der Waals surface area contributed by atoms with Gasteiger partial charge in [-0.15, -0.1) is 0 Å². The smallest absolute Gasteiger partial charge is 0.323 e. The molecule has 0 aromatic rings. The van der Waals surface area contributed by atoms with Crippen molar-refractivity contribution in [3.05, 3.63) is 0 Å². The van der Waals surface area contributed by atoms with Crippen LogP contribution in [0.1, 0.15) is 13.3 Å². The van der Waals surface area contributed by atoms with Gasteiger partial charge in [-0.3, -0.25) is 0 Å². The molecule has 0 fully saturated rings. The predicted octanol–water partition coefficient (Wildman–Crippen LogP) is 2.27. The van der Waals surface area contributed by atoms with Gasteiger partial charge in [-0.25, -0.2) is 8.78 Å². The van der Waals surface area contributed by atoms with E-state index in [0.717, 1.165) is 0 Å². The summed E-state index contributed by atoms with van der Waals surface area (Å²) in [5, 5.41) is 0. The van der Waals surface area contributed by atoms with E-state index in [1.54, 1.807) is 0 Å². The van der Waals surface area contributed by atoms with Crippen molar-refractivity contribution in [3.8, 4) is 0 Å². The van der Waals surface area contributed by atoms with Crippen LogP contribution in [0.5, 0.6) is 0 Å². The number of halogens is 4. The second kappa shape index (κ2) is 3.75. The van der Waals surface area contributed by atoms with Crippen LogP contribution in [0, 0.1) is 0 Å². The Labute approximate surface area is 56.0 Å². The molecule has 0 heterocycles. The summed E-state index contributed by atoms with van der Waals surface area (Å²) in [7, 11) is 0. The average molecular weight is 160 g/mol. The lowest BCUT2D eigenvalue weighted by Crippen LogP contribution is -2.14. The molecule has 1 nitrogen and oxygen atoms in total. The van der Waals surface area contributed by atoms with Crippen LogP contribution in [0.25, 0.3) is 0 Å². The fraction of sp³-hybridized carbons (Fsp3) is 1.00. The quantitative estimate of drug-likeness (QED) is 0.573. The maximum atomic E-state index is 11.8. The molecule has 0 bridgehead atoms. The highest BCUT2D eigenvalue weighted by Crippen LogP contribution is 2.16. The van der Waals surface area contributed by atoms with Gasteiger partial charge in [0, 0.05) is 6.42 Å². The molecule has 0 aliphatic carbocycles. The molecule has 0 aromatic carbocycles. The van der Waals surface area contributed by atoms with Gasteiger partial charge < -0.3 is 4.74 Å². The Bertz CT molecular complexity index is 88.1. The van der Waals surface area contributed by atoms with Crippen LogP contribution in [-0.2, 0) is 4.74 Å². The summed E-state index contributed by atoms with van der Waals surface area (Å²) in [6, 6.07) is 0. The van der Waals surface area contributed by atoms with Gasteiger partial charge in [0.15, 0.2) is 0 Å². The van der Waals surface area contributed by atoms with Crippen LogP contribution >= 0.6 is 0 Å². The maximum Gasteiger partial charge on any atom is 0.345 e. The summed E-state index contributed by atoms with van der Waals surface area (Å²) >= 11 is 0. The number of alkyl halides is 4. The lowest BCUT2D eigenvalue weighted by molar-refractivity contribution is -0.142. The first-order valence-corrected chi connectivity index (χ1v) is 2.69. The Morgan fingerprint density at radius 1 is 1.40 bits per heavy atom. The maximum absolute atomic E-state index is 11.8. The second-order valence-corrected chi connectivity index (χ2v) is 1.95. The first-order chi connectivity index (χ1) is 4.42. The van der Waals surface area contributed by atoms with Crippen LogP contribution in [-0.4, -0.2) is 19.1 Å². The van der Waals surface area contributed by atoms with Crippen molar-refractivity contribution >= 4 is 0 Å². The molecule has 0 saturated carbocycles. The van der Waals surface area contributed by atoms with Crippen molar-refractivity contribution in [1.82, 2.24) is 0 Å². The number of ether oxygens (including phenoxy) is 1. The highest BCUT2D eigenvalue weighted by Gasteiger charge is 2.20. The lowest BCUT2D eigenvalue weighted by atomic mass is 10.3. The molecule has 0 atom stereocenters. The number of rotatable bonds is 4. The Hall–Kier alpha value is -0.320. The van der Waals surface area contributed by atoms with Crippen LogP contribution < -0.4 is 0 Å². The molecule has 0 spiro atoms. The van der Waals surface area contributed by atoms with Crippen LogP contribution in [0.3, 0.4) is 0 Å². The van der Waals surface area contributed by atoms with Gasteiger partial charge in [-0.2, -0.15) is 8.78 Å². The zero-order valence-electron chi connectivity index (χ0n) is 5.41. The molecule has 0 aromatic heterocycles. The van der Waals surface area contributed by atoms with E-state index in [9.17, 15) is 17.6 Å². The van der Waals surface area contributed by atoms with E-state index in [0.29, 0.717) is 6.92 Å². The van der Waals surface area contributed by atoms with Crippen LogP contribution in [0.15, 0.2) is 0 Å². The molecular weight excluding hydrogens is 152 g/mol. The molecule has 0 aliphatic heterocycles. The molecule has 0 radical (unpaired) electrons. The van der Waals surface area contributed by atoms with Crippen molar-refractivity contribution < 1.29 is 22.3 Å². The van der Waals surface area contributed by atoms with Crippen molar-refractivity contribution in [3.63, 3.8) is 0 Å². The van der Waals surface area contributed by atoms with E-state index in [1.807, 2.05) is 0 Å². The zero-order valence-corrected chi connectivity index (χ0v) is 5.41. The summed E-state index contributed by atoms with van der Waals surface area (Å²) in [6.07, 6.45) is -0.669. The summed E-state index contributed by atoms with van der Waals surface area (Å²) in [4.78, 5) is 0. The minimum absolute atomic E-state index is 0.610. The first-order valence-electron chi connectivity index (χ1n) is 2.69. The number of hydrogen-bond donors (Lipinski definition) is 0. The number of hydrogen-bond acceptors (Lipinski definition) is 1. The third-order valence-electron chi connectivity index (χ3n) is 0.785. The van der Waals surface area contributed by atoms with Crippen molar-refractivity contribution in [2.24, 2.45) is 0 Å².